The minimum absolute atomic E-state index is 0.193. The predicted octanol–water partition coefficient (Wildman–Crippen LogP) is -0.0927. The maximum atomic E-state index is 7.20. The first-order valence-electron chi connectivity index (χ1n) is 4.73. The van der Waals surface area contributed by atoms with E-state index in [0.717, 1.165) is 26.1 Å². The Bertz CT molecular complexity index is 153. The molecular weight excluding hydrogens is 182 g/mol. The first-order valence-corrected chi connectivity index (χ1v) is 4.73. The highest BCUT2D eigenvalue weighted by molar-refractivity contribution is 5.78. The number of hydrogen-bond acceptors (Lipinski definition) is 4. The zero-order valence-corrected chi connectivity index (χ0v) is 9.08. The second-order valence-corrected chi connectivity index (χ2v) is 3.14. The van der Waals surface area contributed by atoms with Gasteiger partial charge in [0.25, 0.3) is 0 Å². The fraction of sp³-hybridized carbons (Fsp3) is 0.889. The van der Waals surface area contributed by atoms with E-state index in [9.17, 15) is 0 Å². The summed E-state index contributed by atoms with van der Waals surface area (Å²) in [6, 6.07) is 0. The number of hydrogen-bond donors (Lipinski definition) is 2. The van der Waals surface area contributed by atoms with Crippen LogP contribution in [0.4, 0.5) is 0 Å². The van der Waals surface area contributed by atoms with Crippen LogP contribution in [-0.2, 0) is 9.47 Å². The molecule has 0 aromatic heterocycles. The van der Waals surface area contributed by atoms with Crippen molar-refractivity contribution < 1.29 is 9.47 Å². The van der Waals surface area contributed by atoms with E-state index in [4.69, 9.17) is 20.6 Å². The first-order chi connectivity index (χ1) is 6.70. The number of nitrogens with two attached hydrogens (primary N) is 1. The Morgan fingerprint density at radius 3 is 2.36 bits per heavy atom. The number of ether oxygens (including phenoxy) is 2. The van der Waals surface area contributed by atoms with Crippen molar-refractivity contribution in [1.82, 2.24) is 4.90 Å². The standard InChI is InChI=1S/C9H21N3O2/c1-13-6-3-4-12(5-7-14-2)8-9(10)11/h3-8H2,1-2H3,(H3,10,11). The Balaban J connectivity index is 3.66. The lowest BCUT2D eigenvalue weighted by Gasteiger charge is -2.20. The lowest BCUT2D eigenvalue weighted by molar-refractivity contribution is 0.141. The van der Waals surface area contributed by atoms with Crippen molar-refractivity contribution in [2.24, 2.45) is 5.73 Å². The molecule has 0 heterocycles. The van der Waals surface area contributed by atoms with Crippen molar-refractivity contribution in [3.05, 3.63) is 0 Å². The van der Waals surface area contributed by atoms with Crippen LogP contribution >= 0.6 is 0 Å². The molecule has 0 aliphatic rings. The Morgan fingerprint density at radius 1 is 1.21 bits per heavy atom. The van der Waals surface area contributed by atoms with Crippen molar-refractivity contribution >= 4 is 5.84 Å². The van der Waals surface area contributed by atoms with Crippen LogP contribution in [0.15, 0.2) is 0 Å². The van der Waals surface area contributed by atoms with Crippen molar-refractivity contribution in [2.75, 3.05) is 47.1 Å². The molecule has 0 bridgehead atoms. The minimum atomic E-state index is 0.193. The van der Waals surface area contributed by atoms with E-state index in [1.54, 1.807) is 14.2 Å². The Labute approximate surface area is 85.7 Å². The van der Waals surface area contributed by atoms with E-state index in [-0.39, 0.29) is 5.84 Å². The number of nitrogens with zero attached hydrogens (tertiary/aromatic N) is 1. The van der Waals surface area contributed by atoms with Gasteiger partial charge in [-0.2, -0.15) is 0 Å². The number of amidine groups is 1. The maximum Gasteiger partial charge on any atom is 0.105 e. The molecular formula is C9H21N3O2. The zero-order valence-electron chi connectivity index (χ0n) is 9.08. The van der Waals surface area contributed by atoms with Gasteiger partial charge in [-0.3, -0.25) is 10.3 Å². The zero-order chi connectivity index (χ0) is 10.8. The van der Waals surface area contributed by atoms with E-state index >= 15 is 0 Å². The van der Waals surface area contributed by atoms with Gasteiger partial charge < -0.3 is 15.2 Å². The van der Waals surface area contributed by atoms with Gasteiger partial charge in [-0.15, -0.1) is 0 Å². The molecule has 5 nitrogen and oxygen atoms in total. The highest BCUT2D eigenvalue weighted by Crippen LogP contribution is 1.92. The Morgan fingerprint density at radius 2 is 1.86 bits per heavy atom. The molecule has 84 valence electrons. The summed E-state index contributed by atoms with van der Waals surface area (Å²) in [6.45, 7) is 3.60. The average Bonchev–Trinajstić information content (AvgIpc) is 2.13. The summed E-state index contributed by atoms with van der Waals surface area (Å²) in [4.78, 5) is 2.09. The molecule has 0 amide bonds. The summed E-state index contributed by atoms with van der Waals surface area (Å²) in [7, 11) is 3.35. The Hall–Kier alpha value is -0.650. The summed E-state index contributed by atoms with van der Waals surface area (Å²) >= 11 is 0. The molecule has 0 unspecified atom stereocenters. The molecule has 0 radical (unpaired) electrons. The van der Waals surface area contributed by atoms with E-state index in [0.29, 0.717) is 13.2 Å². The topological polar surface area (TPSA) is 71.6 Å². The van der Waals surface area contributed by atoms with Crippen LogP contribution in [0.25, 0.3) is 0 Å². The van der Waals surface area contributed by atoms with Crippen LogP contribution in [-0.4, -0.2) is 57.8 Å². The molecule has 0 saturated carbocycles. The lowest BCUT2D eigenvalue weighted by atomic mass is 10.3. The van der Waals surface area contributed by atoms with Gasteiger partial charge in [0.05, 0.1) is 13.2 Å². The predicted molar refractivity (Wildman–Crippen MR) is 56.7 cm³/mol. The molecule has 0 atom stereocenters. The van der Waals surface area contributed by atoms with E-state index in [1.807, 2.05) is 0 Å². The molecule has 0 aromatic carbocycles. The SMILES string of the molecule is COCCCN(CCOC)CC(=N)N. The summed E-state index contributed by atoms with van der Waals surface area (Å²) in [5.74, 6) is 0.193. The summed E-state index contributed by atoms with van der Waals surface area (Å²) in [5, 5.41) is 7.20. The lowest BCUT2D eigenvalue weighted by Crippen LogP contribution is -2.36. The van der Waals surface area contributed by atoms with Gasteiger partial charge in [0.15, 0.2) is 0 Å². The fourth-order valence-corrected chi connectivity index (χ4v) is 1.16. The highest BCUT2D eigenvalue weighted by Gasteiger charge is 2.05. The van der Waals surface area contributed by atoms with Gasteiger partial charge >= 0.3 is 0 Å². The third kappa shape index (κ3) is 7.97. The Kier molecular flexibility index (Phi) is 8.51. The van der Waals surface area contributed by atoms with Crippen LogP contribution < -0.4 is 5.73 Å². The van der Waals surface area contributed by atoms with Gasteiger partial charge in [0.2, 0.25) is 0 Å². The molecule has 0 aliphatic heterocycles. The minimum Gasteiger partial charge on any atom is -0.387 e. The van der Waals surface area contributed by atoms with Gasteiger partial charge in [-0.05, 0) is 6.42 Å². The molecule has 0 aliphatic carbocycles. The highest BCUT2D eigenvalue weighted by atomic mass is 16.5. The first kappa shape index (κ1) is 13.4. The van der Waals surface area contributed by atoms with E-state index in [1.165, 1.54) is 0 Å². The molecule has 0 saturated heterocycles. The van der Waals surface area contributed by atoms with Gasteiger partial charge in [-0.1, -0.05) is 0 Å². The summed E-state index contributed by atoms with van der Waals surface area (Å²) in [6.07, 6.45) is 0.952. The maximum absolute atomic E-state index is 7.20. The summed E-state index contributed by atoms with van der Waals surface area (Å²) < 4.78 is 9.93. The van der Waals surface area contributed by atoms with Crippen LogP contribution in [0.3, 0.4) is 0 Å². The quantitative estimate of drug-likeness (QED) is 0.312. The monoisotopic (exact) mass is 203 g/mol. The van der Waals surface area contributed by atoms with E-state index in [2.05, 4.69) is 4.90 Å². The average molecular weight is 203 g/mol. The van der Waals surface area contributed by atoms with Crippen LogP contribution in [0.1, 0.15) is 6.42 Å². The molecule has 0 fully saturated rings. The molecule has 0 rings (SSSR count). The largest absolute Gasteiger partial charge is 0.387 e. The van der Waals surface area contributed by atoms with Crippen molar-refractivity contribution in [2.45, 2.75) is 6.42 Å². The van der Waals surface area contributed by atoms with Crippen LogP contribution in [0.5, 0.6) is 0 Å². The van der Waals surface area contributed by atoms with Crippen LogP contribution in [0, 0.1) is 5.41 Å². The fourth-order valence-electron chi connectivity index (χ4n) is 1.16. The van der Waals surface area contributed by atoms with Gasteiger partial charge in [0, 0.05) is 33.9 Å². The molecule has 14 heavy (non-hydrogen) atoms. The normalized spacial score (nSPS) is 10.8. The number of nitrogens with one attached hydrogen (secondary N) is 1. The molecule has 0 aromatic rings. The van der Waals surface area contributed by atoms with Crippen molar-refractivity contribution in [3.8, 4) is 0 Å². The number of rotatable bonds is 9. The van der Waals surface area contributed by atoms with Gasteiger partial charge in [0.1, 0.15) is 5.84 Å². The second kappa shape index (κ2) is 8.93. The van der Waals surface area contributed by atoms with Gasteiger partial charge in [-0.25, -0.2) is 0 Å². The van der Waals surface area contributed by atoms with E-state index < -0.39 is 0 Å². The smallest absolute Gasteiger partial charge is 0.105 e. The number of methoxy groups -OCH3 is 2. The van der Waals surface area contributed by atoms with Crippen molar-refractivity contribution in [3.63, 3.8) is 0 Å². The summed E-state index contributed by atoms with van der Waals surface area (Å²) in [5.41, 5.74) is 5.34. The van der Waals surface area contributed by atoms with Crippen molar-refractivity contribution in [1.29, 1.82) is 5.41 Å². The van der Waals surface area contributed by atoms with Crippen LogP contribution in [0.2, 0.25) is 0 Å². The third-order valence-electron chi connectivity index (χ3n) is 1.83. The third-order valence-corrected chi connectivity index (χ3v) is 1.83. The second-order valence-electron chi connectivity index (χ2n) is 3.14. The molecule has 0 spiro atoms. The molecule has 5 heteroatoms. The molecule has 3 N–H and O–H groups in total.